The molecule has 0 bridgehead atoms. The summed E-state index contributed by atoms with van der Waals surface area (Å²) < 4.78 is 5.52. The lowest BCUT2D eigenvalue weighted by Gasteiger charge is -2.15. The summed E-state index contributed by atoms with van der Waals surface area (Å²) in [5, 5.41) is 7.95. The van der Waals surface area contributed by atoms with Crippen molar-refractivity contribution < 1.29 is 9.53 Å². The maximum absolute atomic E-state index is 12.2. The second kappa shape index (κ2) is 8.78. The van der Waals surface area contributed by atoms with Gasteiger partial charge in [-0.3, -0.25) is 9.79 Å². The summed E-state index contributed by atoms with van der Waals surface area (Å²) >= 11 is 1.39. The van der Waals surface area contributed by atoms with Gasteiger partial charge in [0.1, 0.15) is 17.3 Å². The number of methoxy groups -OCH3 is 1. The first-order valence-electron chi connectivity index (χ1n) is 9.35. The van der Waals surface area contributed by atoms with E-state index in [0.29, 0.717) is 17.9 Å². The molecule has 0 unspecified atom stereocenters. The van der Waals surface area contributed by atoms with E-state index in [4.69, 9.17) is 4.74 Å². The fourth-order valence-corrected chi connectivity index (χ4v) is 3.57. The molecule has 1 amide bonds. The number of nitrogens with zero attached hydrogens (tertiary/aromatic N) is 2. The number of hydrogen-bond donors (Lipinski definition) is 2. The maximum Gasteiger partial charge on any atom is 0.275 e. The number of benzene rings is 2. The van der Waals surface area contributed by atoms with Crippen LogP contribution in [-0.4, -0.2) is 30.4 Å². The van der Waals surface area contributed by atoms with Gasteiger partial charge in [-0.1, -0.05) is 17.4 Å². The van der Waals surface area contributed by atoms with Gasteiger partial charge in [-0.2, -0.15) is 0 Å². The molecule has 0 radical (unpaired) electrons. The minimum Gasteiger partial charge on any atom is -0.496 e. The van der Waals surface area contributed by atoms with E-state index in [0.717, 1.165) is 34.0 Å². The fourth-order valence-electron chi connectivity index (χ4n) is 3.04. The van der Waals surface area contributed by atoms with Crippen LogP contribution in [0.4, 0.5) is 5.69 Å². The van der Waals surface area contributed by atoms with E-state index in [1.165, 1.54) is 11.3 Å². The number of amides is 1. The topological polar surface area (TPSA) is 75.6 Å². The Morgan fingerprint density at radius 3 is 2.80 bits per heavy atom. The van der Waals surface area contributed by atoms with Crippen molar-refractivity contribution in [3.05, 3.63) is 87.5 Å². The van der Waals surface area contributed by atoms with Crippen LogP contribution in [0, 0.1) is 6.92 Å². The molecule has 7 heteroatoms. The number of carbonyl (C=O) groups is 1. The zero-order valence-corrected chi connectivity index (χ0v) is 17.4. The molecule has 0 aliphatic carbocycles. The third-order valence-corrected chi connectivity index (χ3v) is 5.12. The molecule has 0 saturated carbocycles. The van der Waals surface area contributed by atoms with Gasteiger partial charge >= 0.3 is 0 Å². The molecule has 2 heterocycles. The number of amidine groups is 1. The smallest absolute Gasteiger partial charge is 0.275 e. The Bertz CT molecular complexity index is 1160. The summed E-state index contributed by atoms with van der Waals surface area (Å²) in [6.45, 7) is 2.56. The minimum absolute atomic E-state index is 0.227. The van der Waals surface area contributed by atoms with Gasteiger partial charge < -0.3 is 15.4 Å². The summed E-state index contributed by atoms with van der Waals surface area (Å²) in [6, 6.07) is 13.5. The van der Waals surface area contributed by atoms with Gasteiger partial charge in [0.05, 0.1) is 24.9 Å². The van der Waals surface area contributed by atoms with Gasteiger partial charge in [0, 0.05) is 22.2 Å². The Labute approximate surface area is 178 Å². The largest absolute Gasteiger partial charge is 0.496 e. The van der Waals surface area contributed by atoms with E-state index in [1.54, 1.807) is 18.0 Å². The predicted octanol–water partition coefficient (Wildman–Crippen LogP) is 4.26. The molecule has 1 aliphatic heterocycles. The van der Waals surface area contributed by atoms with Crippen molar-refractivity contribution in [1.82, 2.24) is 10.3 Å². The van der Waals surface area contributed by atoms with E-state index in [9.17, 15) is 4.79 Å². The van der Waals surface area contributed by atoms with Crippen LogP contribution in [0.5, 0.6) is 5.75 Å². The Balaban J connectivity index is 1.54. The molecule has 0 fully saturated rings. The van der Waals surface area contributed by atoms with Crippen LogP contribution in [0.1, 0.15) is 27.2 Å². The second-order valence-corrected chi connectivity index (χ2v) is 7.37. The number of rotatable bonds is 5. The van der Waals surface area contributed by atoms with Crippen molar-refractivity contribution in [2.75, 3.05) is 19.0 Å². The van der Waals surface area contributed by atoms with Crippen molar-refractivity contribution in [2.45, 2.75) is 6.92 Å². The number of aromatic nitrogens is 1. The van der Waals surface area contributed by atoms with Gasteiger partial charge in [-0.15, -0.1) is 11.3 Å². The zero-order valence-electron chi connectivity index (χ0n) is 16.6. The van der Waals surface area contributed by atoms with E-state index in [1.807, 2.05) is 49.4 Å². The van der Waals surface area contributed by atoms with E-state index in [2.05, 4.69) is 32.4 Å². The molecule has 2 aromatic carbocycles. The van der Waals surface area contributed by atoms with E-state index in [-0.39, 0.29) is 5.91 Å². The molecule has 30 heavy (non-hydrogen) atoms. The number of aryl methyl sites for hydroxylation is 1. The first kappa shape index (κ1) is 19.6. The van der Waals surface area contributed by atoms with Gasteiger partial charge in [0.25, 0.3) is 5.91 Å². The Kier molecular flexibility index (Phi) is 5.75. The van der Waals surface area contributed by atoms with Crippen molar-refractivity contribution >= 4 is 34.5 Å². The molecule has 0 saturated heterocycles. The third kappa shape index (κ3) is 4.33. The standard InChI is InChI=1S/C23H20N4O2S/c1-15-5-10-21(29-2)18(12-15)19-4-3-11-24-22(27-19)16-6-8-17(9-7-16)26-23(28)20-13-30-14-25-20/h3,5-10,12-14H,11H2,1-2H3,(H,24,27)(H,26,28). The predicted molar refractivity (Wildman–Crippen MR) is 120 cm³/mol. The second-order valence-electron chi connectivity index (χ2n) is 6.65. The Morgan fingerprint density at radius 2 is 2.07 bits per heavy atom. The van der Waals surface area contributed by atoms with Crippen molar-refractivity contribution in [1.29, 1.82) is 0 Å². The molecule has 2 N–H and O–H groups in total. The summed E-state index contributed by atoms with van der Waals surface area (Å²) in [5.41, 5.74) is 9.77. The molecule has 4 rings (SSSR count). The maximum atomic E-state index is 12.2. The van der Waals surface area contributed by atoms with Gasteiger partial charge in [-0.25, -0.2) is 4.98 Å². The average molecular weight is 417 g/mol. The highest BCUT2D eigenvalue weighted by atomic mass is 32.1. The van der Waals surface area contributed by atoms with Crippen LogP contribution in [0.25, 0.3) is 5.70 Å². The summed E-state index contributed by atoms with van der Waals surface area (Å²) in [7, 11) is 1.66. The molecule has 6 nitrogen and oxygen atoms in total. The zero-order chi connectivity index (χ0) is 20.9. The van der Waals surface area contributed by atoms with Crippen LogP contribution < -0.4 is 15.4 Å². The molecule has 1 aromatic heterocycles. The van der Waals surface area contributed by atoms with Gasteiger partial charge in [0.15, 0.2) is 0 Å². The lowest BCUT2D eigenvalue weighted by Crippen LogP contribution is -2.23. The van der Waals surface area contributed by atoms with Crippen LogP contribution in [0.3, 0.4) is 0 Å². The number of anilines is 1. The lowest BCUT2D eigenvalue weighted by atomic mass is 10.1. The minimum atomic E-state index is -0.227. The number of nitrogens with one attached hydrogen (secondary N) is 2. The fraction of sp³-hybridized carbons (Fsp3) is 0.130. The molecule has 1 aliphatic rings. The molecule has 150 valence electrons. The van der Waals surface area contributed by atoms with Crippen molar-refractivity contribution in [2.24, 2.45) is 4.99 Å². The number of aliphatic imine (C=N–C) groups is 1. The summed E-state index contributed by atoms with van der Waals surface area (Å²) in [5.74, 6) is 1.27. The number of carbonyl (C=O) groups excluding carboxylic acids is 1. The Hall–Kier alpha value is -3.67. The van der Waals surface area contributed by atoms with Gasteiger partial charge in [0.2, 0.25) is 0 Å². The molecule has 0 spiro atoms. The number of ether oxygens (including phenoxy) is 1. The quantitative estimate of drug-likeness (QED) is 0.610. The monoisotopic (exact) mass is 416 g/mol. The molecule has 0 atom stereocenters. The SMILES string of the molecule is COc1ccc(C)cc1C1=C=CCN=C(c2ccc(NC(=O)c3cscn3)cc2)N1. The van der Waals surface area contributed by atoms with E-state index < -0.39 is 0 Å². The van der Waals surface area contributed by atoms with Crippen LogP contribution in [-0.2, 0) is 0 Å². The molecular weight excluding hydrogens is 396 g/mol. The normalized spacial score (nSPS) is 13.0. The number of hydrogen-bond acceptors (Lipinski definition) is 6. The summed E-state index contributed by atoms with van der Waals surface area (Å²) in [4.78, 5) is 20.8. The Morgan fingerprint density at radius 1 is 1.23 bits per heavy atom. The highest BCUT2D eigenvalue weighted by molar-refractivity contribution is 7.07. The van der Waals surface area contributed by atoms with Crippen LogP contribution in [0.15, 0.2) is 70.2 Å². The van der Waals surface area contributed by atoms with Crippen LogP contribution in [0.2, 0.25) is 0 Å². The first-order chi connectivity index (χ1) is 14.6. The highest BCUT2D eigenvalue weighted by Crippen LogP contribution is 2.26. The molecular formula is C23H20N4O2S. The van der Waals surface area contributed by atoms with Crippen molar-refractivity contribution in [3.8, 4) is 5.75 Å². The average Bonchev–Trinajstić information content (AvgIpc) is 3.19. The third-order valence-electron chi connectivity index (χ3n) is 4.54. The van der Waals surface area contributed by atoms with Gasteiger partial charge in [-0.05, 0) is 49.4 Å². The van der Waals surface area contributed by atoms with Crippen molar-refractivity contribution in [3.63, 3.8) is 0 Å². The first-order valence-corrected chi connectivity index (χ1v) is 10.3. The highest BCUT2D eigenvalue weighted by Gasteiger charge is 2.14. The summed E-state index contributed by atoms with van der Waals surface area (Å²) in [6.07, 6.45) is 1.89. The molecule has 3 aromatic rings. The van der Waals surface area contributed by atoms with Crippen LogP contribution >= 0.6 is 11.3 Å². The number of thiazole rings is 1. The van der Waals surface area contributed by atoms with E-state index >= 15 is 0 Å². The lowest BCUT2D eigenvalue weighted by molar-refractivity contribution is 0.102.